The predicted octanol–water partition coefficient (Wildman–Crippen LogP) is 0.877. The van der Waals surface area contributed by atoms with Crippen molar-refractivity contribution in [3.05, 3.63) is 0 Å². The van der Waals surface area contributed by atoms with Gasteiger partial charge >= 0.3 is 0 Å². The number of carbonyl (C=O) groups excluding carboxylic acids is 1. The number of amides is 1. The minimum atomic E-state index is -0.0478. The third-order valence-corrected chi connectivity index (χ3v) is 2.24. The Balaban J connectivity index is 2.41. The standard InChI is InChI=1S/C9H16N2O2/c1-8-4-3-5-11(7-8)9(12)6-10-13-2/h6,8H,3-5,7H2,1-2H3/b10-6+. The average molecular weight is 184 g/mol. The second kappa shape index (κ2) is 4.84. The Hall–Kier alpha value is -1.06. The van der Waals surface area contributed by atoms with Gasteiger partial charge in [-0.1, -0.05) is 12.1 Å². The zero-order chi connectivity index (χ0) is 9.68. The Labute approximate surface area is 78.5 Å². The lowest BCUT2D eigenvalue weighted by Gasteiger charge is -2.29. The van der Waals surface area contributed by atoms with Gasteiger partial charge in [-0.25, -0.2) is 0 Å². The fourth-order valence-corrected chi connectivity index (χ4v) is 1.57. The molecular formula is C9H16N2O2. The van der Waals surface area contributed by atoms with E-state index >= 15 is 0 Å². The van der Waals surface area contributed by atoms with E-state index in [2.05, 4.69) is 16.9 Å². The molecule has 0 bridgehead atoms. The van der Waals surface area contributed by atoms with Crippen molar-refractivity contribution in [1.82, 2.24) is 4.90 Å². The molecule has 1 amide bonds. The molecule has 1 aliphatic rings. The summed E-state index contributed by atoms with van der Waals surface area (Å²) in [5.41, 5.74) is 0. The molecule has 1 aliphatic heterocycles. The maximum atomic E-state index is 11.4. The fraction of sp³-hybridized carbons (Fsp3) is 0.778. The molecule has 0 aromatic rings. The lowest BCUT2D eigenvalue weighted by molar-refractivity contribution is -0.125. The molecular weight excluding hydrogens is 168 g/mol. The van der Waals surface area contributed by atoms with Crippen LogP contribution in [-0.4, -0.2) is 37.2 Å². The first-order valence-electron chi connectivity index (χ1n) is 4.59. The summed E-state index contributed by atoms with van der Waals surface area (Å²) in [7, 11) is 1.43. The lowest BCUT2D eigenvalue weighted by atomic mass is 10.0. The van der Waals surface area contributed by atoms with Crippen molar-refractivity contribution < 1.29 is 9.63 Å². The molecule has 13 heavy (non-hydrogen) atoms. The van der Waals surface area contributed by atoms with Crippen molar-refractivity contribution in [3.63, 3.8) is 0 Å². The summed E-state index contributed by atoms with van der Waals surface area (Å²) in [6, 6.07) is 0. The monoisotopic (exact) mass is 184 g/mol. The van der Waals surface area contributed by atoms with E-state index in [0.717, 1.165) is 19.5 Å². The summed E-state index contributed by atoms with van der Waals surface area (Å²) >= 11 is 0. The van der Waals surface area contributed by atoms with E-state index in [-0.39, 0.29) is 5.91 Å². The zero-order valence-electron chi connectivity index (χ0n) is 8.19. The second-order valence-electron chi connectivity index (χ2n) is 3.45. The number of hydrogen-bond acceptors (Lipinski definition) is 3. The number of likely N-dealkylation sites (tertiary alicyclic amines) is 1. The third-order valence-electron chi connectivity index (χ3n) is 2.24. The summed E-state index contributed by atoms with van der Waals surface area (Å²) < 4.78 is 0. The highest BCUT2D eigenvalue weighted by Crippen LogP contribution is 2.14. The second-order valence-corrected chi connectivity index (χ2v) is 3.45. The van der Waals surface area contributed by atoms with Gasteiger partial charge in [-0.2, -0.15) is 0 Å². The highest BCUT2D eigenvalue weighted by molar-refractivity contribution is 6.25. The van der Waals surface area contributed by atoms with Crippen LogP contribution in [0.4, 0.5) is 0 Å². The van der Waals surface area contributed by atoms with Crippen LogP contribution in [-0.2, 0) is 9.63 Å². The van der Waals surface area contributed by atoms with Crippen molar-refractivity contribution in [3.8, 4) is 0 Å². The van der Waals surface area contributed by atoms with Crippen LogP contribution in [0.3, 0.4) is 0 Å². The van der Waals surface area contributed by atoms with E-state index in [1.807, 2.05) is 4.90 Å². The van der Waals surface area contributed by atoms with Gasteiger partial charge in [0.15, 0.2) is 0 Å². The van der Waals surface area contributed by atoms with Crippen LogP contribution in [0.25, 0.3) is 0 Å². The van der Waals surface area contributed by atoms with Crippen molar-refractivity contribution >= 4 is 12.1 Å². The molecule has 1 unspecified atom stereocenters. The maximum absolute atomic E-state index is 11.4. The van der Waals surface area contributed by atoms with Crippen LogP contribution >= 0.6 is 0 Å². The quantitative estimate of drug-likeness (QED) is 0.472. The van der Waals surface area contributed by atoms with Gasteiger partial charge in [-0.15, -0.1) is 0 Å². The molecule has 0 spiro atoms. The molecule has 4 nitrogen and oxygen atoms in total. The summed E-state index contributed by atoms with van der Waals surface area (Å²) in [4.78, 5) is 17.7. The summed E-state index contributed by atoms with van der Waals surface area (Å²) in [6.07, 6.45) is 3.54. The van der Waals surface area contributed by atoms with Gasteiger partial charge in [0, 0.05) is 13.1 Å². The van der Waals surface area contributed by atoms with Crippen LogP contribution in [0.15, 0.2) is 5.16 Å². The molecule has 1 saturated heterocycles. The molecule has 0 aliphatic carbocycles. The van der Waals surface area contributed by atoms with Crippen molar-refractivity contribution in [2.45, 2.75) is 19.8 Å². The number of nitrogens with zero attached hydrogens (tertiary/aromatic N) is 2. The van der Waals surface area contributed by atoms with E-state index in [1.54, 1.807) is 0 Å². The molecule has 74 valence electrons. The van der Waals surface area contributed by atoms with Gasteiger partial charge in [-0.3, -0.25) is 4.79 Å². The van der Waals surface area contributed by atoms with Gasteiger partial charge < -0.3 is 9.74 Å². The molecule has 0 aromatic carbocycles. The first-order chi connectivity index (χ1) is 6.24. The van der Waals surface area contributed by atoms with Gasteiger partial charge in [0.25, 0.3) is 5.91 Å². The molecule has 4 heteroatoms. The third kappa shape index (κ3) is 3.05. The molecule has 1 atom stereocenters. The van der Waals surface area contributed by atoms with Crippen molar-refractivity contribution in [2.24, 2.45) is 11.1 Å². The number of carbonyl (C=O) groups is 1. The van der Waals surface area contributed by atoms with Crippen LogP contribution < -0.4 is 0 Å². The Morgan fingerprint density at radius 3 is 3.08 bits per heavy atom. The van der Waals surface area contributed by atoms with E-state index in [4.69, 9.17) is 0 Å². The Kier molecular flexibility index (Phi) is 3.73. The molecule has 0 radical (unpaired) electrons. The average Bonchev–Trinajstić information content (AvgIpc) is 2.14. The topological polar surface area (TPSA) is 41.9 Å². The zero-order valence-corrected chi connectivity index (χ0v) is 8.19. The van der Waals surface area contributed by atoms with E-state index in [0.29, 0.717) is 5.92 Å². The minimum Gasteiger partial charge on any atom is -0.399 e. The number of oxime groups is 1. The van der Waals surface area contributed by atoms with Gasteiger partial charge in [0.2, 0.25) is 0 Å². The number of rotatable bonds is 2. The molecule has 1 fully saturated rings. The van der Waals surface area contributed by atoms with Gasteiger partial charge in [0.1, 0.15) is 13.3 Å². The van der Waals surface area contributed by atoms with Crippen LogP contribution in [0, 0.1) is 5.92 Å². The van der Waals surface area contributed by atoms with Gasteiger partial charge in [-0.05, 0) is 18.8 Å². The Morgan fingerprint density at radius 2 is 2.46 bits per heavy atom. The number of hydrogen-bond donors (Lipinski definition) is 0. The highest BCUT2D eigenvalue weighted by Gasteiger charge is 2.19. The van der Waals surface area contributed by atoms with Crippen molar-refractivity contribution in [2.75, 3.05) is 20.2 Å². The molecule has 1 heterocycles. The lowest BCUT2D eigenvalue weighted by Crippen LogP contribution is -2.39. The summed E-state index contributed by atoms with van der Waals surface area (Å²) in [6.45, 7) is 3.85. The summed E-state index contributed by atoms with van der Waals surface area (Å²) in [5, 5.41) is 3.46. The smallest absolute Gasteiger partial charge is 0.268 e. The normalized spacial score (nSPS) is 23.5. The fourth-order valence-electron chi connectivity index (χ4n) is 1.57. The first-order valence-corrected chi connectivity index (χ1v) is 4.59. The maximum Gasteiger partial charge on any atom is 0.268 e. The molecule has 0 aromatic heterocycles. The van der Waals surface area contributed by atoms with Crippen molar-refractivity contribution in [1.29, 1.82) is 0 Å². The van der Waals surface area contributed by atoms with E-state index in [9.17, 15) is 4.79 Å². The molecule has 0 saturated carbocycles. The summed E-state index contributed by atoms with van der Waals surface area (Å²) in [5.74, 6) is 0.557. The highest BCUT2D eigenvalue weighted by atomic mass is 16.6. The van der Waals surface area contributed by atoms with Gasteiger partial charge in [0.05, 0.1) is 0 Å². The Bertz CT molecular complexity index is 204. The van der Waals surface area contributed by atoms with Crippen LogP contribution in [0.1, 0.15) is 19.8 Å². The van der Waals surface area contributed by atoms with E-state index in [1.165, 1.54) is 19.7 Å². The molecule has 0 N–H and O–H groups in total. The largest absolute Gasteiger partial charge is 0.399 e. The predicted molar refractivity (Wildman–Crippen MR) is 50.5 cm³/mol. The van der Waals surface area contributed by atoms with E-state index < -0.39 is 0 Å². The Morgan fingerprint density at radius 1 is 1.69 bits per heavy atom. The van der Waals surface area contributed by atoms with Crippen LogP contribution in [0.5, 0.6) is 0 Å². The minimum absolute atomic E-state index is 0.0478. The number of piperidine rings is 1. The SMILES string of the molecule is CO/N=C/C(=O)N1CCCC(C)C1. The van der Waals surface area contributed by atoms with Crippen LogP contribution in [0.2, 0.25) is 0 Å². The first kappa shape index (κ1) is 10.0. The molecule has 1 rings (SSSR count).